The summed E-state index contributed by atoms with van der Waals surface area (Å²) in [6.07, 6.45) is 14.8. The summed E-state index contributed by atoms with van der Waals surface area (Å²) in [6.45, 7) is 42.2. The maximum Gasteiger partial charge on any atom is 0.343 e. The lowest BCUT2D eigenvalue weighted by molar-refractivity contribution is -0.122. The van der Waals surface area contributed by atoms with E-state index in [0.717, 1.165) is 45.1 Å². The zero-order valence-electron chi connectivity index (χ0n) is 43.2. The maximum absolute atomic E-state index is 13.3. The zero-order valence-corrected chi connectivity index (χ0v) is 45.1. The Morgan fingerprint density at radius 1 is 0.970 bits per heavy atom. The van der Waals surface area contributed by atoms with E-state index in [9.17, 15) is 14.4 Å². The van der Waals surface area contributed by atoms with E-state index in [2.05, 4.69) is 108 Å². The van der Waals surface area contributed by atoms with Crippen molar-refractivity contribution < 1.29 is 37.0 Å². The van der Waals surface area contributed by atoms with Crippen molar-refractivity contribution in [3.63, 3.8) is 0 Å². The number of unbranched alkanes of at least 4 members (excludes halogenated alkanes) is 9. The standard InChI is InChI=1S/C50H91N6O8PSi/c1-16-50(17-2,29-28-46(57)52-30-26-24-22-20-18-19-21-23-25-27-31-53-48(58)37(3)4)64-66(40(9)10,41(11)12)61-36-45-44(34-47(62-45)55-35-42(13)49(59)54-43(55)14)63-65(60-33-32-51-15)56(38(5)6)39(7)8/h35,38-41,44-45,47H,3,14,16-34,36H2,1-2,4-13H3,(H,52,57)(H,53,58)(H,54,59)/t44?,45-,47-,65?/m1/s1. The largest absolute Gasteiger partial charge is 0.391 e. The maximum atomic E-state index is 13.3. The van der Waals surface area contributed by atoms with Gasteiger partial charge in [-0.1, -0.05) is 106 Å². The van der Waals surface area contributed by atoms with E-state index in [4.69, 9.17) is 29.2 Å². The predicted octanol–water partition coefficient (Wildman–Crippen LogP) is 10.9. The van der Waals surface area contributed by atoms with Crippen LogP contribution in [0.5, 0.6) is 0 Å². The molecule has 1 saturated heterocycles. The molecule has 2 unspecified atom stereocenters. The van der Waals surface area contributed by atoms with Gasteiger partial charge in [0, 0.05) is 55.4 Å². The van der Waals surface area contributed by atoms with Gasteiger partial charge in [-0.15, -0.1) is 0 Å². The quantitative estimate of drug-likeness (QED) is 0.0185. The number of hydrogen-bond acceptors (Lipinski definition) is 10. The fourth-order valence-electron chi connectivity index (χ4n) is 8.72. The van der Waals surface area contributed by atoms with Crippen molar-refractivity contribution in [2.24, 2.45) is 0 Å². The molecule has 3 N–H and O–H groups in total. The molecule has 66 heavy (non-hydrogen) atoms. The lowest BCUT2D eigenvalue weighted by Gasteiger charge is -2.46. The summed E-state index contributed by atoms with van der Waals surface area (Å²) in [5.74, 6) is 0.243. The zero-order chi connectivity index (χ0) is 49.5. The van der Waals surface area contributed by atoms with E-state index < -0.39 is 41.1 Å². The van der Waals surface area contributed by atoms with Gasteiger partial charge < -0.3 is 48.3 Å². The minimum absolute atomic E-state index is 0.0535. The van der Waals surface area contributed by atoms with Crippen LogP contribution in [0, 0.1) is 6.57 Å². The Hall–Kier alpha value is -2.67. The molecule has 0 saturated carbocycles. The first-order valence-corrected chi connectivity index (χ1v) is 28.3. The number of amides is 3. The highest BCUT2D eigenvalue weighted by Gasteiger charge is 2.52. The van der Waals surface area contributed by atoms with E-state index in [1.807, 2.05) is 4.90 Å². The first-order chi connectivity index (χ1) is 31.3. The third kappa shape index (κ3) is 19.4. The normalized spacial score (nSPS) is 18.6. The smallest absolute Gasteiger partial charge is 0.343 e. The molecule has 16 heteroatoms. The number of hydrogen-bond donors (Lipinski definition) is 3. The Labute approximate surface area is 403 Å². The van der Waals surface area contributed by atoms with Crippen LogP contribution in [0.25, 0.3) is 4.85 Å². The van der Waals surface area contributed by atoms with Crippen LogP contribution in [0.4, 0.5) is 0 Å². The number of nitrogens with zero attached hydrogens (tertiary/aromatic N) is 3. The van der Waals surface area contributed by atoms with Crippen LogP contribution < -0.4 is 16.0 Å². The molecule has 3 amide bonds. The highest BCUT2D eigenvalue weighted by Crippen LogP contribution is 2.50. The van der Waals surface area contributed by atoms with Crippen LogP contribution in [0.1, 0.15) is 179 Å². The fourth-order valence-corrected chi connectivity index (χ4v) is 14.5. The lowest BCUT2D eigenvalue weighted by atomic mass is 9.92. The molecule has 0 aromatic carbocycles. The molecular formula is C50H91N6O8PSi. The summed E-state index contributed by atoms with van der Waals surface area (Å²) in [7, 11) is -4.61. The third-order valence-electron chi connectivity index (χ3n) is 12.8. The van der Waals surface area contributed by atoms with Crippen LogP contribution in [0.15, 0.2) is 36.3 Å². The van der Waals surface area contributed by atoms with Gasteiger partial charge >= 0.3 is 8.56 Å². The molecule has 0 aromatic rings. The second kappa shape index (κ2) is 30.7. The van der Waals surface area contributed by atoms with Gasteiger partial charge in [0.05, 0.1) is 18.3 Å². The minimum Gasteiger partial charge on any atom is -0.391 e. The minimum atomic E-state index is -3.04. The van der Waals surface area contributed by atoms with Crippen molar-refractivity contribution in [3.05, 3.63) is 47.7 Å². The molecule has 14 nitrogen and oxygen atoms in total. The Balaban J connectivity index is 2.09. The molecule has 378 valence electrons. The second-order valence-electron chi connectivity index (χ2n) is 19.4. The summed E-state index contributed by atoms with van der Waals surface area (Å²) >= 11 is 0. The summed E-state index contributed by atoms with van der Waals surface area (Å²) in [5, 5.41) is 8.93. The SMILES string of the molecule is [C-]#[N+]CCOP(OC1C[C@H](N2C=C(C)C(=O)NC2=C)O[C@@H]1CO[Si](OC(CC)(CC)CCC(=O)NCCCCCCCCCCCCNC(=O)C(=C)C)(C(C)C)C(C)C)N(C(C)C)C(C)C. The first-order valence-electron chi connectivity index (χ1n) is 25.2. The average Bonchev–Trinajstić information content (AvgIpc) is 3.66. The fraction of sp³-hybridized carbons (Fsp3) is 0.800. The van der Waals surface area contributed by atoms with Gasteiger partial charge in [0.2, 0.25) is 18.4 Å². The Morgan fingerprint density at radius 3 is 2.02 bits per heavy atom. The topological polar surface area (TPSA) is 144 Å². The van der Waals surface area contributed by atoms with Crippen LogP contribution in [-0.4, -0.2) is 105 Å². The molecule has 0 aliphatic carbocycles. The van der Waals surface area contributed by atoms with Gasteiger partial charge in [-0.25, -0.2) is 11.2 Å². The van der Waals surface area contributed by atoms with E-state index in [1.54, 1.807) is 20.0 Å². The second-order valence-corrected chi connectivity index (χ2v) is 25.1. The highest BCUT2D eigenvalue weighted by atomic mass is 31.2. The molecule has 0 radical (unpaired) electrons. The number of carbonyl (C=O) groups is 3. The summed E-state index contributed by atoms with van der Waals surface area (Å²) < 4.78 is 37.0. The number of carbonyl (C=O) groups excluding carboxylic acids is 3. The van der Waals surface area contributed by atoms with Gasteiger partial charge in [0.25, 0.3) is 14.4 Å². The van der Waals surface area contributed by atoms with Crippen molar-refractivity contribution in [1.82, 2.24) is 25.5 Å². The molecule has 1 fully saturated rings. The first kappa shape index (κ1) is 59.5. The molecule has 0 aromatic heterocycles. The monoisotopic (exact) mass is 963 g/mol. The van der Waals surface area contributed by atoms with Crippen LogP contribution >= 0.6 is 8.53 Å². The van der Waals surface area contributed by atoms with Gasteiger partial charge in [0.15, 0.2) is 0 Å². The summed E-state index contributed by atoms with van der Waals surface area (Å²) in [6, 6.07) is 0.244. The molecule has 0 spiro atoms. The van der Waals surface area contributed by atoms with Crippen molar-refractivity contribution in [3.8, 4) is 0 Å². The van der Waals surface area contributed by atoms with Crippen LogP contribution in [0.3, 0.4) is 0 Å². The van der Waals surface area contributed by atoms with Crippen molar-refractivity contribution >= 4 is 34.8 Å². The number of rotatable bonds is 35. The molecule has 0 bridgehead atoms. The third-order valence-corrected chi connectivity index (χ3v) is 19.5. The molecular weight excluding hydrogens is 872 g/mol. The van der Waals surface area contributed by atoms with Crippen molar-refractivity contribution in [1.29, 1.82) is 0 Å². The number of ether oxygens (including phenoxy) is 1. The Kier molecular flexibility index (Phi) is 27.7. The van der Waals surface area contributed by atoms with Crippen LogP contribution in [0.2, 0.25) is 11.1 Å². The molecule has 4 atom stereocenters. The average molecular weight is 963 g/mol. The molecule has 2 heterocycles. The van der Waals surface area contributed by atoms with Gasteiger partial charge in [-0.3, -0.25) is 14.4 Å². The van der Waals surface area contributed by atoms with Gasteiger partial charge in [-0.2, -0.15) is 0 Å². The summed E-state index contributed by atoms with van der Waals surface area (Å²) in [4.78, 5) is 42.7. The lowest BCUT2D eigenvalue weighted by Crippen LogP contribution is -2.56. The summed E-state index contributed by atoms with van der Waals surface area (Å²) in [5.41, 5.74) is 0.735. The Bertz CT molecular complexity index is 1570. The predicted molar refractivity (Wildman–Crippen MR) is 270 cm³/mol. The van der Waals surface area contributed by atoms with Gasteiger partial charge in [-0.05, 0) is 84.7 Å². The Morgan fingerprint density at radius 2 is 1.52 bits per heavy atom. The van der Waals surface area contributed by atoms with Crippen LogP contribution in [-0.2, 0) is 37.0 Å². The van der Waals surface area contributed by atoms with E-state index in [0.29, 0.717) is 42.8 Å². The van der Waals surface area contributed by atoms with E-state index in [-0.39, 0.29) is 60.6 Å². The molecule has 2 aliphatic rings. The van der Waals surface area contributed by atoms with E-state index >= 15 is 0 Å². The molecule has 2 aliphatic heterocycles. The number of nitrogens with one attached hydrogen (secondary N) is 3. The highest BCUT2D eigenvalue weighted by molar-refractivity contribution is 7.44. The molecule has 2 rings (SSSR count). The van der Waals surface area contributed by atoms with E-state index in [1.165, 1.54) is 38.5 Å². The van der Waals surface area contributed by atoms with Crippen molar-refractivity contribution in [2.75, 3.05) is 32.8 Å². The van der Waals surface area contributed by atoms with Crippen molar-refractivity contribution in [2.45, 2.75) is 227 Å². The van der Waals surface area contributed by atoms with Gasteiger partial charge in [0.1, 0.15) is 24.8 Å².